The molecule has 1 N–H and O–H groups in total. The quantitative estimate of drug-likeness (QED) is 0.757. The van der Waals surface area contributed by atoms with E-state index in [1.807, 2.05) is 0 Å². The second-order valence-corrected chi connectivity index (χ2v) is 2.84. The number of pyridine rings is 1. The number of aromatic hydroxyl groups is 1. The van der Waals surface area contributed by atoms with Gasteiger partial charge in [0.2, 0.25) is 0 Å². The molecular weight excluding hydrogens is 200 g/mol. The minimum atomic E-state index is -2.64. The lowest BCUT2D eigenvalue weighted by Gasteiger charge is -2.06. The van der Waals surface area contributed by atoms with Crippen LogP contribution >= 0.6 is 11.6 Å². The third-order valence-corrected chi connectivity index (χ3v) is 1.92. The first-order valence-corrected chi connectivity index (χ1v) is 4.13. The van der Waals surface area contributed by atoms with Crippen LogP contribution in [-0.2, 0) is 5.88 Å². The number of hydrogen-bond acceptors (Lipinski definition) is 2. The molecule has 0 fully saturated rings. The molecule has 0 aromatic carbocycles. The predicted molar refractivity (Wildman–Crippen MR) is 45.2 cm³/mol. The molecule has 1 aromatic heterocycles. The maximum Gasteiger partial charge on any atom is 0.280 e. The van der Waals surface area contributed by atoms with Gasteiger partial charge in [-0.3, -0.25) is 0 Å². The van der Waals surface area contributed by atoms with Crippen LogP contribution in [0.4, 0.5) is 8.78 Å². The van der Waals surface area contributed by atoms with Gasteiger partial charge in [0.15, 0.2) is 0 Å². The molecule has 0 atom stereocenters. The zero-order valence-electron chi connectivity index (χ0n) is 6.89. The summed E-state index contributed by atoms with van der Waals surface area (Å²) in [4.78, 5) is 3.52. The van der Waals surface area contributed by atoms with Crippen LogP contribution in [0.15, 0.2) is 6.07 Å². The van der Waals surface area contributed by atoms with Gasteiger partial charge in [0.25, 0.3) is 6.43 Å². The van der Waals surface area contributed by atoms with E-state index in [-0.39, 0.29) is 28.6 Å². The lowest BCUT2D eigenvalue weighted by Crippen LogP contribution is -1.96. The topological polar surface area (TPSA) is 33.1 Å². The second-order valence-electron chi connectivity index (χ2n) is 2.57. The van der Waals surface area contributed by atoms with Gasteiger partial charge in [0.05, 0.1) is 11.6 Å². The first-order chi connectivity index (χ1) is 6.06. The van der Waals surface area contributed by atoms with Gasteiger partial charge >= 0.3 is 0 Å². The summed E-state index contributed by atoms with van der Waals surface area (Å²) in [5.41, 5.74) is 0.101. The number of rotatable bonds is 2. The fraction of sp³-hybridized carbons (Fsp3) is 0.375. The van der Waals surface area contributed by atoms with Crippen molar-refractivity contribution >= 4 is 11.6 Å². The summed E-state index contributed by atoms with van der Waals surface area (Å²) in [7, 11) is 0. The molecule has 13 heavy (non-hydrogen) atoms. The summed E-state index contributed by atoms with van der Waals surface area (Å²) in [6.07, 6.45) is -2.64. The predicted octanol–water partition coefficient (Wildman–Crippen LogP) is 2.77. The van der Waals surface area contributed by atoms with Crippen LogP contribution in [0.3, 0.4) is 0 Å². The smallest absolute Gasteiger partial charge is 0.280 e. The van der Waals surface area contributed by atoms with Crippen molar-refractivity contribution < 1.29 is 13.9 Å². The summed E-state index contributed by atoms with van der Waals surface area (Å²) in [5.74, 6) is -0.117. The van der Waals surface area contributed by atoms with Gasteiger partial charge in [-0.25, -0.2) is 13.8 Å². The highest BCUT2D eigenvalue weighted by molar-refractivity contribution is 6.17. The average molecular weight is 208 g/mol. The summed E-state index contributed by atoms with van der Waals surface area (Å²) >= 11 is 5.45. The minimum Gasteiger partial charge on any atom is -0.506 e. The summed E-state index contributed by atoms with van der Waals surface area (Å²) in [6, 6.07) is 1.11. The fourth-order valence-electron chi connectivity index (χ4n) is 0.972. The Kier molecular flexibility index (Phi) is 3.03. The maximum atomic E-state index is 12.2. The van der Waals surface area contributed by atoms with Gasteiger partial charge in [-0.15, -0.1) is 11.6 Å². The van der Waals surface area contributed by atoms with E-state index in [0.717, 1.165) is 6.07 Å². The van der Waals surface area contributed by atoms with Crippen LogP contribution in [0, 0.1) is 6.92 Å². The molecule has 72 valence electrons. The Bertz CT molecular complexity index is 317. The molecule has 1 heterocycles. The Labute approximate surface area is 79.2 Å². The molecule has 0 unspecified atom stereocenters. The van der Waals surface area contributed by atoms with Crippen LogP contribution in [0.25, 0.3) is 0 Å². The molecule has 1 aromatic rings. The van der Waals surface area contributed by atoms with Crippen molar-refractivity contribution in [3.8, 4) is 5.75 Å². The highest BCUT2D eigenvalue weighted by Crippen LogP contribution is 2.26. The number of nitrogens with zero attached hydrogens (tertiary/aromatic N) is 1. The van der Waals surface area contributed by atoms with Crippen LogP contribution in [0.5, 0.6) is 5.75 Å². The van der Waals surface area contributed by atoms with Crippen molar-refractivity contribution in [3.63, 3.8) is 0 Å². The molecule has 0 aliphatic rings. The second kappa shape index (κ2) is 3.87. The monoisotopic (exact) mass is 207 g/mol. The average Bonchev–Trinajstić information content (AvgIpc) is 2.09. The molecule has 0 aliphatic carbocycles. The van der Waals surface area contributed by atoms with Crippen LogP contribution < -0.4 is 0 Å². The highest BCUT2D eigenvalue weighted by Gasteiger charge is 2.14. The van der Waals surface area contributed by atoms with E-state index in [2.05, 4.69) is 4.98 Å². The summed E-state index contributed by atoms with van der Waals surface area (Å²) in [5, 5.41) is 9.31. The maximum absolute atomic E-state index is 12.2. The van der Waals surface area contributed by atoms with Gasteiger partial charge in [0.1, 0.15) is 11.4 Å². The lowest BCUT2D eigenvalue weighted by atomic mass is 10.2. The van der Waals surface area contributed by atoms with Crippen molar-refractivity contribution in [2.45, 2.75) is 19.2 Å². The number of aryl methyl sites for hydroxylation is 1. The van der Waals surface area contributed by atoms with E-state index in [1.165, 1.54) is 6.92 Å². The van der Waals surface area contributed by atoms with Crippen molar-refractivity contribution in [2.24, 2.45) is 0 Å². The van der Waals surface area contributed by atoms with Gasteiger partial charge in [-0.05, 0) is 13.0 Å². The number of hydrogen-bond donors (Lipinski definition) is 1. The van der Waals surface area contributed by atoms with Crippen molar-refractivity contribution in [3.05, 3.63) is 23.0 Å². The van der Waals surface area contributed by atoms with Crippen molar-refractivity contribution in [1.29, 1.82) is 0 Å². The third kappa shape index (κ3) is 2.06. The van der Waals surface area contributed by atoms with Gasteiger partial charge in [-0.2, -0.15) is 0 Å². The molecule has 0 bridgehead atoms. The van der Waals surface area contributed by atoms with E-state index in [9.17, 15) is 13.9 Å². The van der Waals surface area contributed by atoms with E-state index in [4.69, 9.17) is 11.6 Å². The largest absolute Gasteiger partial charge is 0.506 e. The lowest BCUT2D eigenvalue weighted by molar-refractivity contribution is 0.145. The van der Waals surface area contributed by atoms with Crippen LogP contribution in [0.1, 0.15) is 23.4 Å². The van der Waals surface area contributed by atoms with Crippen molar-refractivity contribution in [2.75, 3.05) is 0 Å². The van der Waals surface area contributed by atoms with E-state index in [0.29, 0.717) is 0 Å². The Morgan fingerprint density at radius 1 is 1.62 bits per heavy atom. The Balaban J connectivity index is 3.22. The normalized spacial score (nSPS) is 10.8. The summed E-state index contributed by atoms with van der Waals surface area (Å²) < 4.78 is 24.4. The van der Waals surface area contributed by atoms with Gasteiger partial charge in [-0.1, -0.05) is 0 Å². The molecule has 5 heteroatoms. The Hall–Kier alpha value is -0.900. The first kappa shape index (κ1) is 10.2. The Morgan fingerprint density at radius 2 is 2.23 bits per heavy atom. The van der Waals surface area contributed by atoms with E-state index >= 15 is 0 Å². The van der Waals surface area contributed by atoms with Gasteiger partial charge in [0, 0.05) is 5.56 Å². The SMILES string of the molecule is Cc1nc(C(F)F)cc(CCl)c1O. The van der Waals surface area contributed by atoms with Crippen molar-refractivity contribution in [1.82, 2.24) is 4.98 Å². The molecule has 0 saturated heterocycles. The zero-order valence-corrected chi connectivity index (χ0v) is 7.65. The molecule has 0 aliphatic heterocycles. The molecule has 2 nitrogen and oxygen atoms in total. The molecule has 0 amide bonds. The van der Waals surface area contributed by atoms with E-state index in [1.54, 1.807) is 0 Å². The van der Waals surface area contributed by atoms with E-state index < -0.39 is 6.43 Å². The number of aromatic nitrogens is 1. The molecule has 1 rings (SSSR count). The standard InChI is InChI=1S/C8H8ClF2NO/c1-4-7(13)5(3-9)2-6(12-4)8(10)11/h2,8,13H,3H2,1H3. The molecule has 0 radical (unpaired) electrons. The molecular formula is C8H8ClF2NO. The third-order valence-electron chi connectivity index (χ3n) is 1.63. The van der Waals surface area contributed by atoms with Crippen LogP contribution in [0.2, 0.25) is 0 Å². The van der Waals surface area contributed by atoms with Crippen LogP contribution in [-0.4, -0.2) is 10.1 Å². The fourth-order valence-corrected chi connectivity index (χ4v) is 1.18. The number of halogens is 3. The first-order valence-electron chi connectivity index (χ1n) is 3.59. The molecule has 0 saturated carbocycles. The summed E-state index contributed by atoms with van der Waals surface area (Å²) in [6.45, 7) is 1.46. The highest BCUT2D eigenvalue weighted by atomic mass is 35.5. The minimum absolute atomic E-state index is 0.00505. The van der Waals surface area contributed by atoms with Gasteiger partial charge < -0.3 is 5.11 Å². The Morgan fingerprint density at radius 3 is 2.69 bits per heavy atom. The zero-order chi connectivity index (χ0) is 10.0. The number of alkyl halides is 3. The molecule has 0 spiro atoms.